The highest BCUT2D eigenvalue weighted by molar-refractivity contribution is 5.74. The zero-order valence-corrected chi connectivity index (χ0v) is 15.6. The number of nitrogens with zero attached hydrogens (tertiary/aromatic N) is 1. The van der Waals surface area contributed by atoms with Crippen LogP contribution in [0.25, 0.3) is 0 Å². The maximum atomic E-state index is 12.1. The summed E-state index contributed by atoms with van der Waals surface area (Å²) in [6.45, 7) is 0.796. The molecule has 0 spiro atoms. The Morgan fingerprint density at radius 1 is 1.07 bits per heavy atom. The molecule has 1 aliphatic rings. The second kappa shape index (κ2) is 9.73. The first-order valence-electron chi connectivity index (χ1n) is 9.49. The number of carboxylic acid groups (broad SMARTS) is 1. The van der Waals surface area contributed by atoms with Crippen molar-refractivity contribution in [3.05, 3.63) is 59.8 Å². The number of hydrogen-bond acceptors (Lipinski definition) is 4. The minimum Gasteiger partial charge on any atom is -0.481 e. The molecule has 0 aliphatic heterocycles. The molecule has 148 valence electrons. The van der Waals surface area contributed by atoms with E-state index in [0.29, 0.717) is 44.7 Å². The highest BCUT2D eigenvalue weighted by atomic mass is 16.5. The van der Waals surface area contributed by atoms with Crippen LogP contribution in [0, 0.1) is 5.92 Å². The molecular formula is C21H25N3O4. The number of ether oxygens (including phenoxy) is 1. The lowest BCUT2D eigenvalue weighted by molar-refractivity contribution is -0.142. The van der Waals surface area contributed by atoms with E-state index in [1.54, 1.807) is 12.3 Å². The van der Waals surface area contributed by atoms with Crippen LogP contribution in [0.15, 0.2) is 48.7 Å². The quantitative estimate of drug-likeness (QED) is 0.682. The molecule has 3 N–H and O–H groups in total. The van der Waals surface area contributed by atoms with Crippen LogP contribution in [0.5, 0.6) is 5.88 Å². The maximum absolute atomic E-state index is 12.1. The van der Waals surface area contributed by atoms with E-state index >= 15 is 0 Å². The lowest BCUT2D eigenvalue weighted by Gasteiger charge is -2.26. The number of aliphatic carboxylic acids is 1. The monoisotopic (exact) mass is 383 g/mol. The van der Waals surface area contributed by atoms with E-state index in [-0.39, 0.29) is 18.0 Å². The lowest BCUT2D eigenvalue weighted by Crippen LogP contribution is -2.43. The minimum absolute atomic E-state index is 0.0257. The summed E-state index contributed by atoms with van der Waals surface area (Å²) in [5.41, 5.74) is 1.95. The van der Waals surface area contributed by atoms with E-state index in [2.05, 4.69) is 15.6 Å². The highest BCUT2D eigenvalue weighted by Gasteiger charge is 2.26. The molecule has 2 aromatic rings. The predicted molar refractivity (Wildman–Crippen MR) is 104 cm³/mol. The van der Waals surface area contributed by atoms with E-state index in [4.69, 9.17) is 9.84 Å². The van der Waals surface area contributed by atoms with Gasteiger partial charge in [-0.3, -0.25) is 4.79 Å². The summed E-state index contributed by atoms with van der Waals surface area (Å²) in [7, 11) is 0. The third-order valence-corrected chi connectivity index (χ3v) is 4.89. The van der Waals surface area contributed by atoms with Gasteiger partial charge in [-0.1, -0.05) is 30.3 Å². The smallest absolute Gasteiger partial charge is 0.315 e. The number of hydrogen-bond donors (Lipinski definition) is 3. The lowest BCUT2D eigenvalue weighted by atomic mass is 9.86. The van der Waals surface area contributed by atoms with Crippen molar-refractivity contribution in [1.82, 2.24) is 15.6 Å². The van der Waals surface area contributed by atoms with Crippen molar-refractivity contribution < 1.29 is 19.4 Å². The van der Waals surface area contributed by atoms with Gasteiger partial charge in [-0.25, -0.2) is 9.78 Å². The van der Waals surface area contributed by atoms with E-state index in [1.165, 1.54) is 0 Å². The van der Waals surface area contributed by atoms with Crippen molar-refractivity contribution in [1.29, 1.82) is 0 Å². The van der Waals surface area contributed by atoms with Gasteiger partial charge in [0.2, 0.25) is 5.88 Å². The summed E-state index contributed by atoms with van der Waals surface area (Å²) in [4.78, 5) is 27.3. The van der Waals surface area contributed by atoms with Crippen LogP contribution in [-0.4, -0.2) is 28.1 Å². The van der Waals surface area contributed by atoms with Crippen molar-refractivity contribution in [2.75, 3.05) is 0 Å². The summed E-state index contributed by atoms with van der Waals surface area (Å²) in [5.74, 6) is -0.520. The zero-order valence-electron chi connectivity index (χ0n) is 15.6. The number of carbonyl (C=O) groups excluding carboxylic acids is 1. The fraction of sp³-hybridized carbons (Fsp3) is 0.381. The van der Waals surface area contributed by atoms with Gasteiger partial charge in [-0.15, -0.1) is 0 Å². The van der Waals surface area contributed by atoms with Crippen LogP contribution < -0.4 is 15.4 Å². The van der Waals surface area contributed by atoms with E-state index in [1.807, 2.05) is 36.4 Å². The Morgan fingerprint density at radius 3 is 2.54 bits per heavy atom. The van der Waals surface area contributed by atoms with Gasteiger partial charge in [-0.2, -0.15) is 0 Å². The number of benzene rings is 1. The van der Waals surface area contributed by atoms with Crippen LogP contribution in [0.4, 0.5) is 4.79 Å². The molecule has 0 radical (unpaired) electrons. The number of carbonyl (C=O) groups is 2. The van der Waals surface area contributed by atoms with E-state index < -0.39 is 5.97 Å². The first-order valence-corrected chi connectivity index (χ1v) is 9.49. The standard InChI is InChI=1S/C21H25N3O4/c25-20(26)17-6-8-18(9-7-17)24-21(27)23-13-16-10-11-22-19(12-16)28-14-15-4-2-1-3-5-15/h1-5,10-12,17-18H,6-9,13-14H2,(H,25,26)(H2,23,24,27). The maximum Gasteiger partial charge on any atom is 0.315 e. The van der Waals surface area contributed by atoms with Crippen LogP contribution in [0.3, 0.4) is 0 Å². The number of nitrogens with one attached hydrogen (secondary N) is 2. The molecule has 1 aliphatic carbocycles. The number of carboxylic acids is 1. The third kappa shape index (κ3) is 5.97. The molecule has 1 aromatic carbocycles. The summed E-state index contributed by atoms with van der Waals surface area (Å²) in [5, 5.41) is 14.8. The van der Waals surface area contributed by atoms with Crippen molar-refractivity contribution in [2.45, 2.75) is 44.9 Å². The van der Waals surface area contributed by atoms with Crippen LogP contribution >= 0.6 is 0 Å². The average Bonchev–Trinajstić information content (AvgIpc) is 2.72. The minimum atomic E-state index is -0.745. The largest absolute Gasteiger partial charge is 0.481 e. The van der Waals surface area contributed by atoms with Crippen molar-refractivity contribution in [3.63, 3.8) is 0 Å². The Morgan fingerprint density at radius 2 is 1.82 bits per heavy atom. The fourth-order valence-electron chi connectivity index (χ4n) is 3.27. The Hall–Kier alpha value is -3.09. The molecule has 0 unspecified atom stereocenters. The molecule has 7 heteroatoms. The first-order chi connectivity index (χ1) is 13.6. The zero-order chi connectivity index (χ0) is 19.8. The summed E-state index contributed by atoms with van der Waals surface area (Å²) < 4.78 is 5.70. The normalized spacial score (nSPS) is 18.9. The Kier molecular flexibility index (Phi) is 6.84. The van der Waals surface area contributed by atoms with E-state index in [9.17, 15) is 9.59 Å². The molecule has 2 amide bonds. The van der Waals surface area contributed by atoms with Gasteiger partial charge in [0.1, 0.15) is 6.61 Å². The number of rotatable bonds is 7. The molecule has 28 heavy (non-hydrogen) atoms. The van der Waals surface area contributed by atoms with Crippen molar-refractivity contribution >= 4 is 12.0 Å². The topological polar surface area (TPSA) is 101 Å². The first kappa shape index (κ1) is 19.7. The van der Waals surface area contributed by atoms with Gasteiger partial charge < -0.3 is 20.5 Å². The van der Waals surface area contributed by atoms with Gasteiger partial charge >= 0.3 is 12.0 Å². The van der Waals surface area contributed by atoms with Gasteiger partial charge in [0.15, 0.2) is 0 Å². The van der Waals surface area contributed by atoms with Crippen LogP contribution in [-0.2, 0) is 17.9 Å². The Balaban J connectivity index is 1.42. The van der Waals surface area contributed by atoms with Gasteiger partial charge in [-0.05, 0) is 42.9 Å². The van der Waals surface area contributed by atoms with Crippen LogP contribution in [0.2, 0.25) is 0 Å². The molecule has 1 heterocycles. The number of urea groups is 1. The Bertz CT molecular complexity index is 789. The van der Waals surface area contributed by atoms with E-state index in [0.717, 1.165) is 11.1 Å². The molecular weight excluding hydrogens is 358 g/mol. The second-order valence-corrected chi connectivity index (χ2v) is 6.99. The Labute approximate surface area is 164 Å². The average molecular weight is 383 g/mol. The summed E-state index contributed by atoms with van der Waals surface area (Å²) in [6, 6.07) is 13.3. The molecule has 1 fully saturated rings. The fourth-order valence-corrected chi connectivity index (χ4v) is 3.27. The highest BCUT2D eigenvalue weighted by Crippen LogP contribution is 2.24. The summed E-state index contributed by atoms with van der Waals surface area (Å²) in [6.07, 6.45) is 4.25. The molecule has 1 saturated carbocycles. The molecule has 0 saturated heterocycles. The molecule has 0 atom stereocenters. The van der Waals surface area contributed by atoms with Crippen LogP contribution in [0.1, 0.15) is 36.8 Å². The molecule has 1 aromatic heterocycles. The molecule has 0 bridgehead atoms. The third-order valence-electron chi connectivity index (χ3n) is 4.89. The van der Waals surface area contributed by atoms with Gasteiger partial charge in [0.25, 0.3) is 0 Å². The SMILES string of the molecule is O=C(NCc1ccnc(OCc2ccccc2)c1)NC1CCC(C(=O)O)CC1. The van der Waals surface area contributed by atoms with Crippen molar-refractivity contribution in [2.24, 2.45) is 5.92 Å². The number of amides is 2. The van der Waals surface area contributed by atoms with Gasteiger partial charge in [0.05, 0.1) is 5.92 Å². The van der Waals surface area contributed by atoms with Crippen molar-refractivity contribution in [3.8, 4) is 5.88 Å². The predicted octanol–water partition coefficient (Wildman–Crippen LogP) is 3.10. The van der Waals surface area contributed by atoms with Gasteiger partial charge in [0, 0.05) is 24.8 Å². The number of aromatic nitrogens is 1. The second-order valence-electron chi connectivity index (χ2n) is 6.99. The summed E-state index contributed by atoms with van der Waals surface area (Å²) >= 11 is 0. The molecule has 7 nitrogen and oxygen atoms in total. The molecule has 3 rings (SSSR count). The number of pyridine rings is 1.